The van der Waals surface area contributed by atoms with Gasteiger partial charge in [-0.25, -0.2) is 9.07 Å². The highest BCUT2D eigenvalue weighted by atomic mass is 19.4. The number of rotatable bonds is 7. The van der Waals surface area contributed by atoms with E-state index in [9.17, 15) is 22.0 Å². The molecule has 1 aromatic heterocycles. The van der Waals surface area contributed by atoms with E-state index >= 15 is 4.39 Å². The Hall–Kier alpha value is -4.14. The number of ether oxygens (including phenoxy) is 3. The monoisotopic (exact) mass is 623 g/mol. The Labute approximate surface area is 246 Å². The van der Waals surface area contributed by atoms with Gasteiger partial charge in [0.05, 0.1) is 22.7 Å². The van der Waals surface area contributed by atoms with Crippen molar-refractivity contribution >= 4 is 11.5 Å². The molecule has 3 saturated carbocycles. The Morgan fingerprint density at radius 1 is 1.16 bits per heavy atom. The van der Waals surface area contributed by atoms with E-state index in [0.717, 1.165) is 6.07 Å². The van der Waals surface area contributed by atoms with Crippen molar-refractivity contribution in [3.05, 3.63) is 64.7 Å². The van der Waals surface area contributed by atoms with Crippen LogP contribution in [0.5, 0.6) is 11.5 Å². The average molecular weight is 624 g/mol. The van der Waals surface area contributed by atoms with Crippen molar-refractivity contribution in [2.75, 3.05) is 5.32 Å². The van der Waals surface area contributed by atoms with Crippen molar-refractivity contribution in [1.29, 1.82) is 0 Å². The molecule has 3 fully saturated rings. The van der Waals surface area contributed by atoms with Crippen molar-refractivity contribution < 1.29 is 45.8 Å². The third-order valence-electron chi connectivity index (χ3n) is 9.01. The van der Waals surface area contributed by atoms with E-state index in [-0.39, 0.29) is 46.4 Å². The van der Waals surface area contributed by atoms with Crippen LogP contribution in [0.1, 0.15) is 73.7 Å². The lowest BCUT2D eigenvalue weighted by atomic mass is 9.40. The van der Waals surface area contributed by atoms with Crippen molar-refractivity contribution in [3.8, 4) is 17.2 Å². The molecule has 44 heavy (non-hydrogen) atoms. The maximum Gasteiger partial charge on any atom is 0.586 e. The van der Waals surface area contributed by atoms with E-state index in [1.807, 2.05) is 0 Å². The van der Waals surface area contributed by atoms with E-state index in [4.69, 9.17) is 15.7 Å². The van der Waals surface area contributed by atoms with Crippen LogP contribution in [0.2, 0.25) is 0 Å². The summed E-state index contributed by atoms with van der Waals surface area (Å²) in [5.41, 5.74) is 4.69. The Morgan fingerprint density at radius 2 is 1.89 bits per heavy atom. The molecule has 4 aliphatic carbocycles. The largest absolute Gasteiger partial charge is 0.586 e. The molecule has 1 aliphatic heterocycles. The van der Waals surface area contributed by atoms with E-state index in [1.54, 1.807) is 6.92 Å². The van der Waals surface area contributed by atoms with Gasteiger partial charge in [-0.15, -0.1) is 8.78 Å². The summed E-state index contributed by atoms with van der Waals surface area (Å²) in [7, 11) is 0. The summed E-state index contributed by atoms with van der Waals surface area (Å²) < 4.78 is 101. The van der Waals surface area contributed by atoms with Crippen LogP contribution in [0, 0.1) is 11.2 Å². The molecule has 2 heterocycles. The first-order valence-electron chi connectivity index (χ1n) is 14.0. The molecule has 0 saturated heterocycles. The minimum atomic E-state index is -4.73. The van der Waals surface area contributed by atoms with Crippen LogP contribution in [0.3, 0.4) is 0 Å². The highest BCUT2D eigenvalue weighted by Gasteiger charge is 2.72. The molecule has 8 rings (SSSR count). The van der Waals surface area contributed by atoms with E-state index in [1.165, 1.54) is 35.0 Å². The van der Waals surface area contributed by atoms with Crippen molar-refractivity contribution in [1.82, 2.24) is 9.78 Å². The number of nitrogens with one attached hydrogen (secondary N) is 1. The second kappa shape index (κ2) is 9.43. The predicted octanol–water partition coefficient (Wildman–Crippen LogP) is 6.59. The molecule has 15 heteroatoms. The fourth-order valence-electron chi connectivity index (χ4n) is 6.99. The van der Waals surface area contributed by atoms with E-state index in [2.05, 4.69) is 25.0 Å². The standard InChI is InChI=1S/C29H27F6N5O4/c1-14(15-5-8-20-22(9-15)44-29(34,35)43-20)37-19-10-16(6-7-18(19)30)40-23-17(24(38-40)28(31,32)33)3-2-4-21(23)42-27-11-26(12-27,13-27)25(36)39-41/h5-10,14,21,37,41H,2-4,11-13H2,1H3,(H2,36,39)/t14-,21-,26?,27?/m0/s1. The molecule has 3 aromatic rings. The van der Waals surface area contributed by atoms with Gasteiger partial charge in [0.2, 0.25) is 0 Å². The van der Waals surface area contributed by atoms with Gasteiger partial charge >= 0.3 is 12.5 Å². The Morgan fingerprint density at radius 3 is 2.59 bits per heavy atom. The number of anilines is 1. The molecule has 2 atom stereocenters. The molecule has 5 aliphatic rings. The summed E-state index contributed by atoms with van der Waals surface area (Å²) in [4.78, 5) is 0. The van der Waals surface area contributed by atoms with Gasteiger partial charge in [-0.2, -0.15) is 18.3 Å². The number of amidine groups is 1. The second-order valence-corrected chi connectivity index (χ2v) is 12.0. The lowest BCUT2D eigenvalue weighted by molar-refractivity contribution is -0.286. The first kappa shape index (κ1) is 28.6. The van der Waals surface area contributed by atoms with Crippen LogP contribution < -0.4 is 20.5 Å². The van der Waals surface area contributed by atoms with Gasteiger partial charge in [0.25, 0.3) is 0 Å². The van der Waals surface area contributed by atoms with Crippen LogP contribution in [0.15, 0.2) is 41.6 Å². The van der Waals surface area contributed by atoms with Gasteiger partial charge in [0.15, 0.2) is 17.2 Å². The summed E-state index contributed by atoms with van der Waals surface area (Å²) in [5.74, 6) is -0.875. The molecule has 234 valence electrons. The number of oxime groups is 1. The number of aromatic nitrogens is 2. The van der Waals surface area contributed by atoms with Crippen molar-refractivity contribution in [2.24, 2.45) is 16.3 Å². The minimum absolute atomic E-state index is 0.0378. The van der Waals surface area contributed by atoms with Crippen molar-refractivity contribution in [3.63, 3.8) is 0 Å². The SMILES string of the molecule is C[C@H](Nc1cc(-n2nc(C(F)(F)F)c3c2[C@@H](OC24CC(C(N)=NO)(C2)C4)CCC3)ccc1F)c1ccc2c(c1)OC(F)(F)O2. The number of fused-ring (bicyclic) bond motifs is 2. The number of nitrogens with zero attached hydrogens (tertiary/aromatic N) is 3. The fraction of sp³-hybridized carbons (Fsp3) is 0.448. The fourth-order valence-corrected chi connectivity index (χ4v) is 6.99. The van der Waals surface area contributed by atoms with Crippen LogP contribution in [-0.2, 0) is 17.3 Å². The van der Waals surface area contributed by atoms with Gasteiger partial charge in [0, 0.05) is 17.0 Å². The van der Waals surface area contributed by atoms with Crippen molar-refractivity contribution in [2.45, 2.75) is 75.7 Å². The van der Waals surface area contributed by atoms with E-state index < -0.39 is 47.1 Å². The molecule has 0 spiro atoms. The molecular weight excluding hydrogens is 596 g/mol. The normalized spacial score (nSPS) is 27.2. The summed E-state index contributed by atoms with van der Waals surface area (Å²) in [5, 5.41) is 19.1. The number of alkyl halides is 5. The number of nitrogens with two attached hydrogens (primary N) is 1. The van der Waals surface area contributed by atoms with Crippen LogP contribution >= 0.6 is 0 Å². The summed E-state index contributed by atoms with van der Waals surface area (Å²) in [6.45, 7) is 1.66. The Balaban J connectivity index is 1.19. The summed E-state index contributed by atoms with van der Waals surface area (Å²) >= 11 is 0. The zero-order valence-corrected chi connectivity index (χ0v) is 23.2. The van der Waals surface area contributed by atoms with Gasteiger partial charge in [0.1, 0.15) is 17.8 Å². The molecule has 0 radical (unpaired) electrons. The smallest absolute Gasteiger partial charge is 0.409 e. The number of halogens is 6. The van der Waals surface area contributed by atoms with E-state index in [0.29, 0.717) is 37.7 Å². The predicted molar refractivity (Wildman–Crippen MR) is 142 cm³/mol. The number of benzene rings is 2. The zero-order chi connectivity index (χ0) is 31.2. The highest BCUT2D eigenvalue weighted by Crippen LogP contribution is 2.70. The van der Waals surface area contributed by atoms with Gasteiger partial charge < -0.3 is 30.5 Å². The highest BCUT2D eigenvalue weighted by molar-refractivity contribution is 5.90. The number of hydrogen-bond acceptors (Lipinski definition) is 7. The molecule has 2 bridgehead atoms. The lowest BCUT2D eigenvalue weighted by Gasteiger charge is -2.69. The van der Waals surface area contributed by atoms with Gasteiger partial charge in [-0.3, -0.25) is 0 Å². The lowest BCUT2D eigenvalue weighted by Crippen LogP contribution is -2.72. The molecule has 4 N–H and O–H groups in total. The maximum atomic E-state index is 15.0. The maximum absolute atomic E-state index is 15.0. The zero-order valence-electron chi connectivity index (χ0n) is 23.2. The third-order valence-corrected chi connectivity index (χ3v) is 9.01. The molecule has 0 amide bonds. The third kappa shape index (κ3) is 4.50. The van der Waals surface area contributed by atoms with Crippen LogP contribution in [0.4, 0.5) is 32.0 Å². The Kier molecular flexibility index (Phi) is 6.13. The molecule has 9 nitrogen and oxygen atoms in total. The molecular formula is C29H27F6N5O4. The second-order valence-electron chi connectivity index (χ2n) is 12.0. The average Bonchev–Trinajstić information content (AvgIpc) is 3.47. The molecule has 2 aromatic carbocycles. The quantitative estimate of drug-likeness (QED) is 0.0895. The summed E-state index contributed by atoms with van der Waals surface area (Å²) in [6.07, 6.45) is -6.65. The number of hydrogen-bond donors (Lipinski definition) is 3. The minimum Gasteiger partial charge on any atom is -0.409 e. The topological polar surface area (TPSA) is 116 Å². The van der Waals surface area contributed by atoms with Crippen LogP contribution in [0.25, 0.3) is 5.69 Å². The van der Waals surface area contributed by atoms with Gasteiger partial charge in [-0.05, 0) is 81.3 Å². The van der Waals surface area contributed by atoms with Gasteiger partial charge in [-0.1, -0.05) is 11.2 Å². The first-order chi connectivity index (χ1) is 20.7. The Bertz CT molecular complexity index is 1670. The van der Waals surface area contributed by atoms with Crippen LogP contribution in [-0.4, -0.2) is 32.7 Å². The summed E-state index contributed by atoms with van der Waals surface area (Å²) in [6, 6.07) is 7.34. The first-order valence-corrected chi connectivity index (χ1v) is 14.0. The molecule has 0 unspecified atom stereocenters.